The van der Waals surface area contributed by atoms with Gasteiger partial charge in [-0.05, 0) is 43.7 Å². The first-order valence-corrected chi connectivity index (χ1v) is 5.66. The minimum atomic E-state index is 0.443. The van der Waals surface area contributed by atoms with Gasteiger partial charge in [-0.15, -0.1) is 0 Å². The van der Waals surface area contributed by atoms with Crippen LogP contribution in [0.4, 0.5) is 0 Å². The highest BCUT2D eigenvalue weighted by Gasteiger charge is 2.05. The van der Waals surface area contributed by atoms with Gasteiger partial charge in [-0.25, -0.2) is 0 Å². The summed E-state index contributed by atoms with van der Waals surface area (Å²) in [5.74, 6) is 0. The Kier molecular flexibility index (Phi) is 3.01. The Bertz CT molecular complexity index is 499. The van der Waals surface area contributed by atoms with Crippen molar-refractivity contribution in [3.8, 4) is 15.5 Å². The standard InChI is InChI=1S/C12H11NO2S/c1-8-5-10(6-9(2)13-8)11-3-4-12(16-11)15-7-14/h3-7H,1-2H3. The molecule has 0 radical (unpaired) electrons. The predicted octanol–water partition coefficient (Wildman–Crippen LogP) is 2.96. The number of pyridine rings is 1. The molecule has 0 unspecified atom stereocenters. The molecule has 0 amide bonds. The van der Waals surface area contributed by atoms with Crippen molar-refractivity contribution < 1.29 is 9.53 Å². The Morgan fingerprint density at radius 2 is 1.94 bits per heavy atom. The predicted molar refractivity (Wildman–Crippen MR) is 63.7 cm³/mol. The zero-order valence-electron chi connectivity index (χ0n) is 9.06. The van der Waals surface area contributed by atoms with Crippen LogP contribution < -0.4 is 4.74 Å². The molecule has 82 valence electrons. The van der Waals surface area contributed by atoms with E-state index in [9.17, 15) is 4.79 Å². The molecule has 2 heterocycles. The number of carbonyl (C=O) groups excluding carboxylic acids is 1. The molecule has 4 heteroatoms. The Morgan fingerprint density at radius 3 is 2.56 bits per heavy atom. The van der Waals surface area contributed by atoms with Crippen LogP contribution in [0.2, 0.25) is 0 Å². The summed E-state index contributed by atoms with van der Waals surface area (Å²) in [6, 6.07) is 7.77. The SMILES string of the molecule is Cc1cc(-c2ccc(OC=O)s2)cc(C)n1. The molecule has 0 fully saturated rings. The van der Waals surface area contributed by atoms with Crippen LogP contribution in [0.25, 0.3) is 10.4 Å². The Labute approximate surface area is 97.7 Å². The van der Waals surface area contributed by atoms with Crippen molar-refractivity contribution in [2.75, 3.05) is 0 Å². The summed E-state index contributed by atoms with van der Waals surface area (Å²) in [6.07, 6.45) is 0. The van der Waals surface area contributed by atoms with Crippen molar-refractivity contribution >= 4 is 17.8 Å². The van der Waals surface area contributed by atoms with E-state index >= 15 is 0 Å². The van der Waals surface area contributed by atoms with Crippen LogP contribution in [-0.2, 0) is 4.79 Å². The van der Waals surface area contributed by atoms with E-state index < -0.39 is 0 Å². The minimum Gasteiger partial charge on any atom is -0.418 e. The molecule has 0 saturated carbocycles. The third-order valence-corrected chi connectivity index (χ3v) is 3.14. The molecular formula is C12H11NO2S. The average Bonchev–Trinajstić information content (AvgIpc) is 2.65. The quantitative estimate of drug-likeness (QED) is 0.765. The van der Waals surface area contributed by atoms with Crippen molar-refractivity contribution in [3.63, 3.8) is 0 Å². The molecule has 0 saturated heterocycles. The highest BCUT2D eigenvalue weighted by molar-refractivity contribution is 7.17. The lowest BCUT2D eigenvalue weighted by molar-refractivity contribution is -0.120. The lowest BCUT2D eigenvalue weighted by Crippen LogP contribution is -1.86. The van der Waals surface area contributed by atoms with Gasteiger partial charge in [-0.2, -0.15) is 0 Å². The van der Waals surface area contributed by atoms with Crippen molar-refractivity contribution in [2.45, 2.75) is 13.8 Å². The van der Waals surface area contributed by atoms with Crippen LogP contribution in [0.3, 0.4) is 0 Å². The van der Waals surface area contributed by atoms with Gasteiger partial charge in [0.2, 0.25) is 0 Å². The monoisotopic (exact) mass is 233 g/mol. The Morgan fingerprint density at radius 1 is 1.25 bits per heavy atom. The van der Waals surface area contributed by atoms with E-state index in [1.54, 1.807) is 6.07 Å². The van der Waals surface area contributed by atoms with Crippen LogP contribution >= 0.6 is 11.3 Å². The maximum Gasteiger partial charge on any atom is 0.299 e. The third kappa shape index (κ3) is 2.28. The summed E-state index contributed by atoms with van der Waals surface area (Å²) in [5.41, 5.74) is 3.08. The van der Waals surface area contributed by atoms with Crippen molar-refractivity contribution in [3.05, 3.63) is 35.7 Å². The summed E-state index contributed by atoms with van der Waals surface area (Å²) >= 11 is 1.45. The second-order valence-electron chi connectivity index (χ2n) is 3.47. The molecule has 2 aromatic rings. The molecule has 0 atom stereocenters. The molecule has 0 aliphatic rings. The maximum absolute atomic E-state index is 10.2. The highest BCUT2D eigenvalue weighted by atomic mass is 32.1. The van der Waals surface area contributed by atoms with E-state index in [4.69, 9.17) is 4.74 Å². The average molecular weight is 233 g/mol. The lowest BCUT2D eigenvalue weighted by Gasteiger charge is -2.01. The number of thiophene rings is 1. The summed E-state index contributed by atoms with van der Waals surface area (Å²) in [6.45, 7) is 4.37. The van der Waals surface area contributed by atoms with E-state index in [1.807, 2.05) is 32.0 Å². The normalized spacial score (nSPS) is 10.1. The summed E-state index contributed by atoms with van der Waals surface area (Å²) < 4.78 is 4.79. The van der Waals surface area contributed by atoms with E-state index in [2.05, 4.69) is 4.98 Å². The van der Waals surface area contributed by atoms with E-state index in [0.29, 0.717) is 11.5 Å². The molecule has 0 spiro atoms. The number of rotatable bonds is 3. The number of aryl methyl sites for hydroxylation is 2. The van der Waals surface area contributed by atoms with E-state index in [0.717, 1.165) is 21.8 Å². The van der Waals surface area contributed by atoms with Gasteiger partial charge in [0.1, 0.15) is 0 Å². The van der Waals surface area contributed by atoms with Gasteiger partial charge in [0.05, 0.1) is 0 Å². The number of carbonyl (C=O) groups is 1. The van der Waals surface area contributed by atoms with Crippen LogP contribution in [0.5, 0.6) is 5.06 Å². The fourth-order valence-electron chi connectivity index (χ4n) is 1.56. The van der Waals surface area contributed by atoms with Gasteiger partial charge >= 0.3 is 0 Å². The largest absolute Gasteiger partial charge is 0.418 e. The highest BCUT2D eigenvalue weighted by Crippen LogP contribution is 2.33. The zero-order valence-corrected chi connectivity index (χ0v) is 9.88. The van der Waals surface area contributed by atoms with Gasteiger partial charge in [-0.3, -0.25) is 9.78 Å². The Balaban J connectivity index is 2.38. The number of hydrogen-bond donors (Lipinski definition) is 0. The molecule has 16 heavy (non-hydrogen) atoms. The van der Waals surface area contributed by atoms with Gasteiger partial charge in [-0.1, -0.05) is 11.3 Å². The number of aromatic nitrogens is 1. The topological polar surface area (TPSA) is 39.2 Å². The van der Waals surface area contributed by atoms with E-state index in [1.165, 1.54) is 11.3 Å². The van der Waals surface area contributed by atoms with Crippen molar-refractivity contribution in [1.82, 2.24) is 4.98 Å². The van der Waals surface area contributed by atoms with E-state index in [-0.39, 0.29) is 0 Å². The first kappa shape index (κ1) is 10.8. The molecule has 0 bridgehead atoms. The van der Waals surface area contributed by atoms with Crippen molar-refractivity contribution in [2.24, 2.45) is 0 Å². The first-order valence-electron chi connectivity index (χ1n) is 4.85. The zero-order chi connectivity index (χ0) is 11.5. The second-order valence-corrected chi connectivity index (χ2v) is 4.52. The van der Waals surface area contributed by atoms with Gasteiger partial charge < -0.3 is 4.74 Å². The fourth-order valence-corrected chi connectivity index (χ4v) is 2.37. The van der Waals surface area contributed by atoms with Gasteiger partial charge in [0.15, 0.2) is 5.06 Å². The summed E-state index contributed by atoms with van der Waals surface area (Å²) in [5, 5.41) is 0.608. The number of hydrogen-bond acceptors (Lipinski definition) is 4. The molecule has 2 rings (SSSR count). The summed E-state index contributed by atoms with van der Waals surface area (Å²) in [4.78, 5) is 15.6. The molecule has 3 nitrogen and oxygen atoms in total. The van der Waals surface area contributed by atoms with Gasteiger partial charge in [0.25, 0.3) is 6.47 Å². The van der Waals surface area contributed by atoms with Crippen molar-refractivity contribution in [1.29, 1.82) is 0 Å². The summed E-state index contributed by atoms with van der Waals surface area (Å²) in [7, 11) is 0. The fraction of sp³-hybridized carbons (Fsp3) is 0.167. The molecule has 0 aromatic carbocycles. The second kappa shape index (κ2) is 4.45. The van der Waals surface area contributed by atoms with Crippen LogP contribution in [0, 0.1) is 13.8 Å². The third-order valence-electron chi connectivity index (χ3n) is 2.11. The molecule has 0 N–H and O–H groups in total. The van der Waals surface area contributed by atoms with Crippen LogP contribution in [0.1, 0.15) is 11.4 Å². The number of nitrogens with zero attached hydrogens (tertiary/aromatic N) is 1. The molecule has 2 aromatic heterocycles. The van der Waals surface area contributed by atoms with Crippen LogP contribution in [0.15, 0.2) is 24.3 Å². The van der Waals surface area contributed by atoms with Gasteiger partial charge in [0, 0.05) is 16.3 Å². The molecule has 0 aliphatic heterocycles. The molecular weight excluding hydrogens is 222 g/mol. The Hall–Kier alpha value is -1.68. The number of ether oxygens (including phenoxy) is 1. The van der Waals surface area contributed by atoms with Crippen LogP contribution in [-0.4, -0.2) is 11.5 Å². The minimum absolute atomic E-state index is 0.443. The molecule has 0 aliphatic carbocycles. The lowest BCUT2D eigenvalue weighted by atomic mass is 10.2. The smallest absolute Gasteiger partial charge is 0.299 e. The first-order chi connectivity index (χ1) is 7.69. The maximum atomic E-state index is 10.2.